The fourth-order valence-electron chi connectivity index (χ4n) is 3.88. The maximum atomic E-state index is 13.4. The monoisotopic (exact) mass is 388 g/mol. The molecule has 2 aliphatic rings. The summed E-state index contributed by atoms with van der Waals surface area (Å²) in [5.74, 6) is 1.00. The van der Waals surface area contributed by atoms with Gasteiger partial charge >= 0.3 is 6.03 Å². The van der Waals surface area contributed by atoms with Crippen molar-refractivity contribution in [1.82, 2.24) is 0 Å². The molecule has 2 atom stereocenters. The molecule has 7 nitrogen and oxygen atoms in total. The van der Waals surface area contributed by atoms with Crippen molar-refractivity contribution in [2.75, 3.05) is 35.5 Å². The zero-order chi connectivity index (χ0) is 19.2. The van der Waals surface area contributed by atoms with Gasteiger partial charge in [-0.3, -0.25) is 9.80 Å². The van der Waals surface area contributed by atoms with Crippen molar-refractivity contribution in [1.29, 1.82) is 0 Å². The highest BCUT2D eigenvalue weighted by Gasteiger charge is 2.55. The van der Waals surface area contributed by atoms with Crippen LogP contribution in [0.2, 0.25) is 0 Å². The van der Waals surface area contributed by atoms with E-state index in [0.29, 0.717) is 22.9 Å². The molecule has 0 bridgehead atoms. The van der Waals surface area contributed by atoms with Crippen LogP contribution >= 0.6 is 0 Å². The Morgan fingerprint density at radius 2 is 1.63 bits per heavy atom. The van der Waals surface area contributed by atoms with E-state index >= 15 is 0 Å². The molecule has 0 saturated carbocycles. The van der Waals surface area contributed by atoms with Crippen molar-refractivity contribution < 1.29 is 22.7 Å². The summed E-state index contributed by atoms with van der Waals surface area (Å²) in [5, 5.41) is 0. The van der Waals surface area contributed by atoms with Crippen molar-refractivity contribution >= 4 is 27.2 Å². The third-order valence-corrected chi connectivity index (χ3v) is 6.74. The van der Waals surface area contributed by atoms with Gasteiger partial charge in [0.15, 0.2) is 9.84 Å². The minimum Gasteiger partial charge on any atom is -0.497 e. The highest BCUT2D eigenvalue weighted by Crippen LogP contribution is 2.41. The van der Waals surface area contributed by atoms with Crippen LogP contribution in [0.25, 0.3) is 0 Å². The summed E-state index contributed by atoms with van der Waals surface area (Å²) in [6, 6.07) is 13.0. The number of carbonyl (C=O) groups excluding carboxylic acids is 1. The normalized spacial score (nSPS) is 23.4. The second-order valence-corrected chi connectivity index (χ2v) is 8.76. The molecule has 2 heterocycles. The molecular weight excluding hydrogens is 368 g/mol. The van der Waals surface area contributed by atoms with E-state index in [1.54, 1.807) is 59.4 Å². The van der Waals surface area contributed by atoms with Crippen LogP contribution in [0.3, 0.4) is 0 Å². The smallest absolute Gasteiger partial charge is 0.329 e. The molecule has 0 unspecified atom stereocenters. The molecule has 2 aliphatic heterocycles. The first-order chi connectivity index (χ1) is 12.9. The van der Waals surface area contributed by atoms with Crippen LogP contribution in [0.1, 0.15) is 0 Å². The highest BCUT2D eigenvalue weighted by atomic mass is 32.2. The number of anilines is 2. The van der Waals surface area contributed by atoms with Crippen molar-refractivity contribution in [2.24, 2.45) is 0 Å². The minimum absolute atomic E-state index is 0.0632. The molecule has 27 heavy (non-hydrogen) atoms. The Labute approximate surface area is 158 Å². The Balaban J connectivity index is 1.83. The molecule has 0 aromatic heterocycles. The first-order valence-corrected chi connectivity index (χ1v) is 10.4. The number of nitrogens with zero attached hydrogens (tertiary/aromatic N) is 2. The van der Waals surface area contributed by atoms with Crippen LogP contribution in [0.5, 0.6) is 11.5 Å². The van der Waals surface area contributed by atoms with E-state index < -0.39 is 21.9 Å². The molecule has 2 saturated heterocycles. The minimum atomic E-state index is -3.25. The van der Waals surface area contributed by atoms with Crippen LogP contribution < -0.4 is 19.3 Å². The number of carbonyl (C=O) groups is 1. The summed E-state index contributed by atoms with van der Waals surface area (Å²) < 4.78 is 35.4. The lowest BCUT2D eigenvalue weighted by atomic mass is 10.1. The summed E-state index contributed by atoms with van der Waals surface area (Å²) in [5.41, 5.74) is 1.19. The predicted octanol–water partition coefficient (Wildman–Crippen LogP) is 2.32. The number of sulfone groups is 1. The Morgan fingerprint density at radius 3 is 2.33 bits per heavy atom. The molecule has 142 valence electrons. The molecule has 0 N–H and O–H groups in total. The zero-order valence-electron chi connectivity index (χ0n) is 15.0. The van der Waals surface area contributed by atoms with Crippen molar-refractivity contribution in [3.63, 3.8) is 0 Å². The quantitative estimate of drug-likeness (QED) is 0.752. The fraction of sp³-hybridized carbons (Fsp3) is 0.316. The molecule has 0 radical (unpaired) electrons. The van der Waals surface area contributed by atoms with Crippen molar-refractivity contribution in [3.8, 4) is 11.5 Å². The molecule has 2 aromatic rings. The summed E-state index contributed by atoms with van der Waals surface area (Å²) in [6.45, 7) is 0. The zero-order valence-corrected chi connectivity index (χ0v) is 15.8. The SMILES string of the molecule is COc1cccc(N2C(=O)N(c3ccccc3OC)[C@@H]3CS(=O)(=O)C[C@@H]32)c1. The summed E-state index contributed by atoms with van der Waals surface area (Å²) in [4.78, 5) is 16.5. The molecule has 0 aliphatic carbocycles. The number of benzene rings is 2. The van der Waals surface area contributed by atoms with Crippen LogP contribution in [-0.4, -0.2) is 52.3 Å². The highest BCUT2D eigenvalue weighted by molar-refractivity contribution is 7.91. The lowest BCUT2D eigenvalue weighted by molar-refractivity contribution is 0.255. The molecule has 0 spiro atoms. The van der Waals surface area contributed by atoms with Gasteiger partial charge < -0.3 is 9.47 Å². The van der Waals surface area contributed by atoms with Gasteiger partial charge in [0.05, 0.1) is 43.5 Å². The van der Waals surface area contributed by atoms with Gasteiger partial charge in [-0.25, -0.2) is 13.2 Å². The average molecular weight is 388 g/mol. The second kappa shape index (κ2) is 6.45. The van der Waals surface area contributed by atoms with Crippen molar-refractivity contribution in [2.45, 2.75) is 12.1 Å². The van der Waals surface area contributed by atoms with Gasteiger partial charge in [0.1, 0.15) is 11.5 Å². The van der Waals surface area contributed by atoms with Gasteiger partial charge in [0.25, 0.3) is 0 Å². The third kappa shape index (κ3) is 2.90. The van der Waals surface area contributed by atoms with E-state index in [9.17, 15) is 13.2 Å². The topological polar surface area (TPSA) is 76.2 Å². The van der Waals surface area contributed by atoms with Gasteiger partial charge in [-0.1, -0.05) is 18.2 Å². The van der Waals surface area contributed by atoms with E-state index in [0.717, 1.165) is 0 Å². The maximum Gasteiger partial charge on any atom is 0.329 e. The first kappa shape index (κ1) is 17.7. The van der Waals surface area contributed by atoms with Gasteiger partial charge in [-0.05, 0) is 24.3 Å². The number of urea groups is 1. The number of para-hydroxylation sites is 2. The average Bonchev–Trinajstić information content (AvgIpc) is 3.10. The van der Waals surface area contributed by atoms with Crippen LogP contribution in [0.4, 0.5) is 16.2 Å². The number of hydrogen-bond acceptors (Lipinski definition) is 5. The van der Waals surface area contributed by atoms with Gasteiger partial charge in [-0.15, -0.1) is 0 Å². The molecule has 2 aromatic carbocycles. The van der Waals surface area contributed by atoms with Gasteiger partial charge in [0.2, 0.25) is 0 Å². The molecule has 8 heteroatoms. The van der Waals surface area contributed by atoms with Crippen LogP contribution in [-0.2, 0) is 9.84 Å². The Kier molecular flexibility index (Phi) is 4.22. The molecule has 2 fully saturated rings. The number of methoxy groups -OCH3 is 2. The van der Waals surface area contributed by atoms with E-state index in [4.69, 9.17) is 9.47 Å². The Hall–Kier alpha value is -2.74. The third-order valence-electron chi connectivity index (χ3n) is 5.05. The number of fused-ring (bicyclic) bond motifs is 1. The van der Waals surface area contributed by atoms with Crippen LogP contribution in [0, 0.1) is 0 Å². The molecule has 2 amide bonds. The fourth-order valence-corrected chi connectivity index (χ4v) is 5.80. The maximum absolute atomic E-state index is 13.4. The molecular formula is C19H20N2O5S. The number of hydrogen-bond donors (Lipinski definition) is 0. The van der Waals surface area contributed by atoms with E-state index in [1.165, 1.54) is 7.11 Å². The first-order valence-electron chi connectivity index (χ1n) is 8.55. The number of ether oxygens (including phenoxy) is 2. The van der Waals surface area contributed by atoms with Gasteiger partial charge in [0, 0.05) is 11.8 Å². The lowest BCUT2D eigenvalue weighted by Crippen LogP contribution is -2.38. The van der Waals surface area contributed by atoms with Crippen LogP contribution in [0.15, 0.2) is 48.5 Å². The van der Waals surface area contributed by atoms with E-state index in [1.807, 2.05) is 6.07 Å². The summed E-state index contributed by atoms with van der Waals surface area (Å²) >= 11 is 0. The lowest BCUT2D eigenvalue weighted by Gasteiger charge is -2.24. The number of amides is 2. The number of rotatable bonds is 4. The summed E-state index contributed by atoms with van der Waals surface area (Å²) in [6.07, 6.45) is 0. The Bertz CT molecular complexity index is 991. The van der Waals surface area contributed by atoms with Gasteiger partial charge in [-0.2, -0.15) is 0 Å². The Morgan fingerprint density at radius 1 is 0.926 bits per heavy atom. The summed E-state index contributed by atoms with van der Waals surface area (Å²) in [7, 11) is -0.173. The van der Waals surface area contributed by atoms with E-state index in [2.05, 4.69) is 0 Å². The second-order valence-electron chi connectivity index (χ2n) is 6.61. The predicted molar refractivity (Wildman–Crippen MR) is 103 cm³/mol. The molecule has 4 rings (SSSR count). The van der Waals surface area contributed by atoms with Crippen molar-refractivity contribution in [3.05, 3.63) is 48.5 Å². The largest absolute Gasteiger partial charge is 0.497 e. The van der Waals surface area contributed by atoms with E-state index in [-0.39, 0.29) is 17.5 Å². The standard InChI is InChI=1S/C19H20N2O5S/c1-25-14-7-5-6-13(10-14)20-16-11-27(23,24)12-17(16)21(19(20)22)15-8-3-4-9-18(15)26-2/h3-10,16-17H,11-12H2,1-2H3/t16-,17+/m0/s1.